The Labute approximate surface area is 248 Å². The van der Waals surface area contributed by atoms with E-state index in [4.69, 9.17) is 4.37 Å². The van der Waals surface area contributed by atoms with E-state index in [1.54, 1.807) is 11.5 Å². The fraction of sp³-hybridized carbons (Fsp3) is 0. The SMILES string of the molecule is c1ccc(-c2ccc(N(c3ccccc3)c3ccc4ccc5ccc6c(-c7ccccn7)nsc6c5c4c3)cc2)cc1. The van der Waals surface area contributed by atoms with Crippen LogP contribution in [0, 0.1) is 0 Å². The van der Waals surface area contributed by atoms with Gasteiger partial charge in [-0.3, -0.25) is 4.98 Å². The fourth-order valence-corrected chi connectivity index (χ4v) is 6.76. The molecule has 0 saturated carbocycles. The summed E-state index contributed by atoms with van der Waals surface area (Å²) in [5, 5.41) is 6.01. The second-order valence-corrected chi connectivity index (χ2v) is 11.1. The standard InChI is InChI=1S/C38H25N3S/c1-3-9-26(10-4-1)27-16-20-31(21-17-27)41(30-11-5-2-6-12-30)32-22-18-28-14-15-29-19-23-33-37(35-13-7-8-24-39-35)40-42-38(33)36(29)34(28)25-32/h1-25H. The largest absolute Gasteiger partial charge is 0.310 e. The molecular weight excluding hydrogens is 531 g/mol. The van der Waals surface area contributed by atoms with Gasteiger partial charge >= 0.3 is 0 Å². The lowest BCUT2D eigenvalue weighted by molar-refractivity contribution is 1.29. The number of pyridine rings is 1. The average molecular weight is 556 g/mol. The van der Waals surface area contributed by atoms with Gasteiger partial charge in [-0.05, 0) is 87.3 Å². The summed E-state index contributed by atoms with van der Waals surface area (Å²) < 4.78 is 6.07. The lowest BCUT2D eigenvalue weighted by Gasteiger charge is -2.26. The highest BCUT2D eigenvalue weighted by atomic mass is 32.1. The second kappa shape index (κ2) is 10.3. The summed E-state index contributed by atoms with van der Waals surface area (Å²) in [5.41, 5.74) is 7.60. The summed E-state index contributed by atoms with van der Waals surface area (Å²) in [6.45, 7) is 0. The van der Waals surface area contributed by atoms with Crippen LogP contribution in [0.5, 0.6) is 0 Å². The van der Waals surface area contributed by atoms with Gasteiger partial charge in [0.1, 0.15) is 5.69 Å². The molecule has 2 heterocycles. The van der Waals surface area contributed by atoms with Gasteiger partial charge in [0.15, 0.2) is 0 Å². The van der Waals surface area contributed by atoms with Crippen LogP contribution in [0.4, 0.5) is 17.1 Å². The van der Waals surface area contributed by atoms with Crippen LogP contribution >= 0.6 is 11.5 Å². The molecule has 6 aromatic carbocycles. The molecule has 0 bridgehead atoms. The van der Waals surface area contributed by atoms with Crippen molar-refractivity contribution in [1.29, 1.82) is 0 Å². The fourth-order valence-electron chi connectivity index (χ4n) is 5.81. The van der Waals surface area contributed by atoms with E-state index < -0.39 is 0 Å². The third-order valence-corrected chi connectivity index (χ3v) is 8.72. The van der Waals surface area contributed by atoms with E-state index in [0.717, 1.165) is 33.8 Å². The summed E-state index contributed by atoms with van der Waals surface area (Å²) in [6.07, 6.45) is 1.83. The van der Waals surface area contributed by atoms with Crippen molar-refractivity contribution in [2.75, 3.05) is 4.90 Å². The van der Waals surface area contributed by atoms with E-state index in [0.29, 0.717) is 0 Å². The molecule has 0 aliphatic rings. The summed E-state index contributed by atoms with van der Waals surface area (Å²) in [6, 6.07) is 51.5. The van der Waals surface area contributed by atoms with Crippen molar-refractivity contribution in [3.63, 3.8) is 0 Å². The molecule has 0 spiro atoms. The molecule has 42 heavy (non-hydrogen) atoms. The Hall–Kier alpha value is -5.32. The first-order valence-electron chi connectivity index (χ1n) is 14.0. The summed E-state index contributed by atoms with van der Waals surface area (Å²) in [4.78, 5) is 6.91. The van der Waals surface area contributed by atoms with Crippen LogP contribution in [-0.2, 0) is 0 Å². The van der Waals surface area contributed by atoms with Crippen molar-refractivity contribution in [3.8, 4) is 22.5 Å². The van der Waals surface area contributed by atoms with E-state index in [-0.39, 0.29) is 0 Å². The summed E-state index contributed by atoms with van der Waals surface area (Å²) >= 11 is 1.56. The number of nitrogens with zero attached hydrogens (tertiary/aromatic N) is 3. The molecule has 0 fully saturated rings. The van der Waals surface area contributed by atoms with E-state index in [9.17, 15) is 0 Å². The highest BCUT2D eigenvalue weighted by Crippen LogP contribution is 2.42. The molecule has 0 N–H and O–H groups in total. The molecular formula is C38H25N3S. The first-order valence-corrected chi connectivity index (χ1v) is 14.8. The predicted molar refractivity (Wildman–Crippen MR) is 178 cm³/mol. The van der Waals surface area contributed by atoms with Crippen molar-refractivity contribution in [2.24, 2.45) is 0 Å². The van der Waals surface area contributed by atoms with Gasteiger partial charge in [-0.2, -0.15) is 4.37 Å². The number of anilines is 3. The van der Waals surface area contributed by atoms with Crippen LogP contribution < -0.4 is 4.90 Å². The Bertz CT molecular complexity index is 2170. The van der Waals surface area contributed by atoms with Crippen molar-refractivity contribution >= 4 is 60.2 Å². The first-order chi connectivity index (χ1) is 20.8. The maximum absolute atomic E-state index is 4.88. The molecule has 0 atom stereocenters. The smallest absolute Gasteiger partial charge is 0.110 e. The predicted octanol–water partition coefficient (Wildman–Crippen LogP) is 10.8. The van der Waals surface area contributed by atoms with Gasteiger partial charge in [0.25, 0.3) is 0 Å². The van der Waals surface area contributed by atoms with E-state index in [1.807, 2.05) is 24.4 Å². The molecule has 0 aliphatic carbocycles. The lowest BCUT2D eigenvalue weighted by Crippen LogP contribution is -2.09. The number of hydrogen-bond acceptors (Lipinski definition) is 4. The summed E-state index contributed by atoms with van der Waals surface area (Å²) in [7, 11) is 0. The number of hydrogen-bond donors (Lipinski definition) is 0. The van der Waals surface area contributed by atoms with Crippen molar-refractivity contribution in [1.82, 2.24) is 9.36 Å². The zero-order valence-corrected chi connectivity index (χ0v) is 23.5. The Kier molecular flexibility index (Phi) is 5.98. The third kappa shape index (κ3) is 4.21. The number of benzene rings is 6. The number of rotatable bonds is 5. The highest BCUT2D eigenvalue weighted by molar-refractivity contribution is 7.15. The molecule has 8 rings (SSSR count). The Balaban J connectivity index is 1.32. The topological polar surface area (TPSA) is 29.0 Å². The van der Waals surface area contributed by atoms with E-state index in [2.05, 4.69) is 137 Å². The first kappa shape index (κ1) is 24.5. The van der Waals surface area contributed by atoms with Gasteiger partial charge in [-0.15, -0.1) is 0 Å². The molecule has 2 aromatic heterocycles. The van der Waals surface area contributed by atoms with E-state index >= 15 is 0 Å². The minimum atomic E-state index is 0.901. The summed E-state index contributed by atoms with van der Waals surface area (Å²) in [5.74, 6) is 0. The van der Waals surface area contributed by atoms with Gasteiger partial charge in [-0.1, -0.05) is 97.1 Å². The van der Waals surface area contributed by atoms with Crippen LogP contribution in [-0.4, -0.2) is 9.36 Å². The molecule has 0 saturated heterocycles. The van der Waals surface area contributed by atoms with Crippen LogP contribution in [0.25, 0.3) is 54.1 Å². The van der Waals surface area contributed by atoms with Gasteiger partial charge in [0.2, 0.25) is 0 Å². The molecule has 198 valence electrons. The lowest BCUT2D eigenvalue weighted by atomic mass is 9.98. The number of fused-ring (bicyclic) bond motifs is 5. The molecule has 8 aromatic rings. The van der Waals surface area contributed by atoms with Crippen molar-refractivity contribution < 1.29 is 0 Å². The van der Waals surface area contributed by atoms with Crippen molar-refractivity contribution in [2.45, 2.75) is 0 Å². The molecule has 0 unspecified atom stereocenters. The zero-order valence-electron chi connectivity index (χ0n) is 22.7. The van der Waals surface area contributed by atoms with Gasteiger partial charge in [0.05, 0.1) is 10.4 Å². The Morgan fingerprint density at radius 3 is 1.93 bits per heavy atom. The number of para-hydroxylation sites is 1. The highest BCUT2D eigenvalue weighted by Gasteiger charge is 2.17. The third-order valence-electron chi connectivity index (χ3n) is 7.83. The number of aromatic nitrogens is 2. The quantitative estimate of drug-likeness (QED) is 0.198. The molecule has 0 aliphatic heterocycles. The second-order valence-electron chi connectivity index (χ2n) is 10.3. The zero-order chi connectivity index (χ0) is 27.9. The Morgan fingerprint density at radius 1 is 0.500 bits per heavy atom. The normalized spacial score (nSPS) is 11.3. The maximum atomic E-state index is 4.88. The monoisotopic (exact) mass is 555 g/mol. The minimum Gasteiger partial charge on any atom is -0.310 e. The molecule has 0 amide bonds. The van der Waals surface area contributed by atoms with Gasteiger partial charge in [-0.25, -0.2) is 0 Å². The van der Waals surface area contributed by atoms with Crippen LogP contribution in [0.2, 0.25) is 0 Å². The average Bonchev–Trinajstić information content (AvgIpc) is 3.51. The maximum Gasteiger partial charge on any atom is 0.110 e. The van der Waals surface area contributed by atoms with Gasteiger partial charge < -0.3 is 4.90 Å². The minimum absolute atomic E-state index is 0.901. The van der Waals surface area contributed by atoms with Crippen LogP contribution in [0.1, 0.15) is 0 Å². The van der Waals surface area contributed by atoms with Crippen LogP contribution in [0.15, 0.2) is 152 Å². The van der Waals surface area contributed by atoms with Gasteiger partial charge in [0, 0.05) is 34.0 Å². The molecule has 4 heteroatoms. The molecule has 0 radical (unpaired) electrons. The van der Waals surface area contributed by atoms with Crippen molar-refractivity contribution in [3.05, 3.63) is 152 Å². The Morgan fingerprint density at radius 2 is 1.14 bits per heavy atom. The van der Waals surface area contributed by atoms with Crippen LogP contribution in [0.3, 0.4) is 0 Å². The molecule has 3 nitrogen and oxygen atoms in total. The van der Waals surface area contributed by atoms with E-state index in [1.165, 1.54) is 37.4 Å².